The fourth-order valence-electron chi connectivity index (χ4n) is 5.79. The van der Waals surface area contributed by atoms with Crippen LogP contribution in [0.1, 0.15) is 25.3 Å². The Balaban J connectivity index is 1.13. The van der Waals surface area contributed by atoms with Crippen molar-refractivity contribution < 1.29 is 27.8 Å². The number of nitrogens with zero attached hydrogens (tertiary/aromatic N) is 7. The predicted octanol–water partition coefficient (Wildman–Crippen LogP) is 2.61. The SMILES string of the molecule is O=C(C[C@@H](C(F)F)n1ccc(F)n1)N1CCC(O)(Cn2cnc3c(ccn3-c3cccc(N4CCOCC4)c3)c2=O)CC1. The normalized spacial score (nSPS) is 18.0. The van der Waals surface area contributed by atoms with Crippen molar-refractivity contribution in [1.29, 1.82) is 0 Å². The number of aliphatic hydroxyl groups is 1. The maximum Gasteiger partial charge on any atom is 0.262 e. The Morgan fingerprint density at radius 3 is 2.49 bits per heavy atom. The maximum absolute atomic E-state index is 13.6. The second kappa shape index (κ2) is 11.8. The second-order valence-corrected chi connectivity index (χ2v) is 11.0. The summed E-state index contributed by atoms with van der Waals surface area (Å²) in [6, 6.07) is 9.07. The molecule has 11 nitrogen and oxygen atoms in total. The smallest absolute Gasteiger partial charge is 0.262 e. The van der Waals surface area contributed by atoms with Gasteiger partial charge in [0.25, 0.3) is 12.0 Å². The number of ether oxygens (including phenoxy) is 1. The molecule has 0 radical (unpaired) electrons. The first-order valence-electron chi connectivity index (χ1n) is 14.2. The van der Waals surface area contributed by atoms with Gasteiger partial charge in [-0.15, -0.1) is 5.10 Å². The first-order chi connectivity index (χ1) is 20.7. The van der Waals surface area contributed by atoms with E-state index in [9.17, 15) is 27.9 Å². The van der Waals surface area contributed by atoms with Crippen molar-refractivity contribution >= 4 is 22.6 Å². The molecule has 1 N–H and O–H groups in total. The summed E-state index contributed by atoms with van der Waals surface area (Å²) >= 11 is 0. The van der Waals surface area contributed by atoms with Crippen LogP contribution in [-0.2, 0) is 16.1 Å². The van der Waals surface area contributed by atoms with Crippen molar-refractivity contribution in [3.63, 3.8) is 0 Å². The first-order valence-corrected chi connectivity index (χ1v) is 14.2. The number of halogens is 3. The van der Waals surface area contributed by atoms with Crippen molar-refractivity contribution in [3.8, 4) is 5.69 Å². The highest BCUT2D eigenvalue weighted by Gasteiger charge is 2.36. The number of rotatable bonds is 8. The molecule has 2 saturated heterocycles. The molecule has 0 spiro atoms. The molecule has 5 heterocycles. The standard InChI is InChI=1S/C29H32F3N7O4/c30-24-5-9-39(34-24)23(26(31)32)17-25(40)36-10-6-29(42,7-11-36)18-37-19-33-27-22(28(37)41)4-8-38(27)21-3-1-2-20(16-21)35-12-14-43-15-13-35/h1-5,8-9,16,19,23,26,42H,6-7,10-15,17-18H2/t23-/m0/s1. The van der Waals surface area contributed by atoms with Crippen molar-refractivity contribution in [3.05, 3.63) is 71.4 Å². The lowest BCUT2D eigenvalue weighted by atomic mass is 9.91. The average Bonchev–Trinajstić information content (AvgIpc) is 3.64. The van der Waals surface area contributed by atoms with E-state index >= 15 is 0 Å². The number of benzene rings is 1. The third-order valence-electron chi connectivity index (χ3n) is 8.26. The molecule has 0 unspecified atom stereocenters. The van der Waals surface area contributed by atoms with Gasteiger partial charge in [0.05, 0.1) is 37.2 Å². The topological polar surface area (TPSA) is 111 Å². The molecule has 228 valence electrons. The molecule has 1 aromatic carbocycles. The third-order valence-corrected chi connectivity index (χ3v) is 8.26. The average molecular weight is 600 g/mol. The van der Waals surface area contributed by atoms with Gasteiger partial charge in [0, 0.05) is 56.0 Å². The van der Waals surface area contributed by atoms with Gasteiger partial charge >= 0.3 is 0 Å². The zero-order chi connectivity index (χ0) is 30.1. The number of hydrogen-bond acceptors (Lipinski definition) is 7. The van der Waals surface area contributed by atoms with Crippen LogP contribution in [0.5, 0.6) is 0 Å². The Labute approximate surface area is 244 Å². The van der Waals surface area contributed by atoms with Gasteiger partial charge in [-0.05, 0) is 37.1 Å². The van der Waals surface area contributed by atoms with Crippen LogP contribution >= 0.6 is 0 Å². The van der Waals surface area contributed by atoms with Crippen molar-refractivity contribution in [2.24, 2.45) is 0 Å². The lowest BCUT2D eigenvalue weighted by molar-refractivity contribution is -0.138. The van der Waals surface area contributed by atoms with Gasteiger partial charge in [-0.25, -0.2) is 13.8 Å². The van der Waals surface area contributed by atoms with Gasteiger partial charge in [0.15, 0.2) is 5.65 Å². The van der Waals surface area contributed by atoms with E-state index in [-0.39, 0.29) is 38.0 Å². The van der Waals surface area contributed by atoms with Gasteiger partial charge in [0.1, 0.15) is 12.4 Å². The summed E-state index contributed by atoms with van der Waals surface area (Å²) in [6.07, 6.45) is 1.12. The summed E-state index contributed by atoms with van der Waals surface area (Å²) < 4.78 is 49.9. The number of fused-ring (bicyclic) bond motifs is 1. The Bertz CT molecular complexity index is 1650. The largest absolute Gasteiger partial charge is 0.388 e. The maximum atomic E-state index is 13.6. The molecule has 4 aromatic rings. The van der Waals surface area contributed by atoms with Gasteiger partial charge in [-0.3, -0.25) is 18.8 Å². The summed E-state index contributed by atoms with van der Waals surface area (Å²) in [6.45, 7) is 3.17. The number of alkyl halides is 2. The second-order valence-electron chi connectivity index (χ2n) is 11.0. The number of aromatic nitrogens is 5. The molecular formula is C29H32F3N7O4. The van der Waals surface area contributed by atoms with E-state index in [1.165, 1.54) is 15.8 Å². The van der Waals surface area contributed by atoms with E-state index in [1.807, 2.05) is 28.8 Å². The van der Waals surface area contributed by atoms with Gasteiger partial charge in [-0.2, -0.15) is 4.39 Å². The minimum atomic E-state index is -2.91. The van der Waals surface area contributed by atoms with Crippen molar-refractivity contribution in [2.75, 3.05) is 44.3 Å². The molecule has 14 heteroatoms. The molecular weight excluding hydrogens is 567 g/mol. The molecule has 0 saturated carbocycles. The first kappa shape index (κ1) is 28.9. The summed E-state index contributed by atoms with van der Waals surface area (Å²) in [7, 11) is 0. The highest BCUT2D eigenvalue weighted by atomic mass is 19.3. The van der Waals surface area contributed by atoms with Gasteiger partial charge in [-0.1, -0.05) is 6.07 Å². The van der Waals surface area contributed by atoms with E-state index in [1.54, 1.807) is 12.3 Å². The van der Waals surface area contributed by atoms with E-state index in [2.05, 4.69) is 15.0 Å². The lowest BCUT2D eigenvalue weighted by Gasteiger charge is -2.38. The van der Waals surface area contributed by atoms with E-state index < -0.39 is 36.3 Å². The van der Waals surface area contributed by atoms with Crippen LogP contribution in [0.15, 0.2) is 59.9 Å². The lowest BCUT2D eigenvalue weighted by Crippen LogP contribution is -2.50. The Kier molecular flexibility index (Phi) is 7.97. The third kappa shape index (κ3) is 6.02. The number of carbonyl (C=O) groups excluding carboxylic acids is 1. The number of anilines is 1. The zero-order valence-corrected chi connectivity index (χ0v) is 23.4. The molecule has 0 bridgehead atoms. The molecule has 2 aliphatic rings. The van der Waals surface area contributed by atoms with E-state index in [0.717, 1.165) is 41.4 Å². The van der Waals surface area contributed by atoms with Crippen LogP contribution in [0.4, 0.5) is 18.9 Å². The number of carbonyl (C=O) groups is 1. The molecule has 6 rings (SSSR count). The molecule has 2 fully saturated rings. The van der Waals surface area contributed by atoms with Crippen molar-refractivity contribution in [2.45, 2.75) is 43.9 Å². The van der Waals surface area contributed by atoms with E-state index in [4.69, 9.17) is 4.74 Å². The molecule has 1 atom stereocenters. The number of amides is 1. The van der Waals surface area contributed by atoms with Crippen LogP contribution in [-0.4, -0.2) is 91.2 Å². The monoisotopic (exact) mass is 599 g/mol. The molecule has 0 aliphatic carbocycles. The Morgan fingerprint density at radius 1 is 1.05 bits per heavy atom. The van der Waals surface area contributed by atoms with Crippen LogP contribution in [0.25, 0.3) is 16.7 Å². The number of likely N-dealkylation sites (tertiary alicyclic amines) is 1. The number of piperidine rings is 1. The fraction of sp³-hybridized carbons (Fsp3) is 0.448. The fourth-order valence-corrected chi connectivity index (χ4v) is 5.79. The zero-order valence-electron chi connectivity index (χ0n) is 23.4. The van der Waals surface area contributed by atoms with Crippen molar-refractivity contribution in [1.82, 2.24) is 28.8 Å². The quantitative estimate of drug-likeness (QED) is 0.332. The summed E-state index contributed by atoms with van der Waals surface area (Å²) in [4.78, 5) is 34.4. The summed E-state index contributed by atoms with van der Waals surface area (Å²) in [5, 5.41) is 15.1. The molecule has 1 amide bonds. The Hall–Kier alpha value is -4.17. The van der Waals surface area contributed by atoms with Crippen LogP contribution in [0.3, 0.4) is 0 Å². The number of hydrogen-bond donors (Lipinski definition) is 1. The number of morpholine rings is 1. The van der Waals surface area contributed by atoms with E-state index in [0.29, 0.717) is 24.2 Å². The molecule has 3 aromatic heterocycles. The molecule has 2 aliphatic heterocycles. The highest BCUT2D eigenvalue weighted by Crippen LogP contribution is 2.28. The van der Waals surface area contributed by atoms with Crippen LogP contribution in [0, 0.1) is 5.95 Å². The Morgan fingerprint density at radius 2 is 1.79 bits per heavy atom. The minimum Gasteiger partial charge on any atom is -0.388 e. The van der Waals surface area contributed by atoms with Crippen LogP contribution < -0.4 is 10.5 Å². The minimum absolute atomic E-state index is 0.0271. The summed E-state index contributed by atoms with van der Waals surface area (Å²) in [5.74, 6) is -1.44. The molecule has 43 heavy (non-hydrogen) atoms. The van der Waals surface area contributed by atoms with Gasteiger partial charge < -0.3 is 24.2 Å². The van der Waals surface area contributed by atoms with Crippen LogP contribution in [0.2, 0.25) is 0 Å². The van der Waals surface area contributed by atoms with Gasteiger partial charge in [0.2, 0.25) is 11.9 Å². The highest BCUT2D eigenvalue weighted by molar-refractivity contribution is 5.78. The summed E-state index contributed by atoms with van der Waals surface area (Å²) in [5.41, 5.74) is 0.830. The predicted molar refractivity (Wildman–Crippen MR) is 151 cm³/mol.